The molecule has 0 aromatic carbocycles. The van der Waals surface area contributed by atoms with Crippen molar-refractivity contribution in [2.75, 3.05) is 7.11 Å². The minimum Gasteiger partial charge on any atom is -0.399 e. The summed E-state index contributed by atoms with van der Waals surface area (Å²) < 4.78 is 0. The van der Waals surface area contributed by atoms with Crippen LogP contribution < -0.4 is 0 Å². The Hall–Kier alpha value is -0.795. The summed E-state index contributed by atoms with van der Waals surface area (Å²) in [6, 6.07) is 0. The van der Waals surface area contributed by atoms with Gasteiger partial charge in [0.2, 0.25) is 7.28 Å². The van der Waals surface area contributed by atoms with Crippen molar-refractivity contribution in [3.05, 3.63) is 0 Å². The van der Waals surface area contributed by atoms with E-state index in [4.69, 9.17) is 0 Å². The number of hydrogen-bond acceptors (Lipinski definition) is 3. The van der Waals surface area contributed by atoms with Crippen LogP contribution in [0.3, 0.4) is 0 Å². The number of carbonyl (C=O) groups is 1. The fraction of sp³-hybridized carbons (Fsp3) is 0.667. The fourth-order valence-corrected chi connectivity index (χ4v) is 0.561. The molecule has 0 saturated carbocycles. The summed E-state index contributed by atoms with van der Waals surface area (Å²) in [4.78, 5) is 15.3. The molecule has 0 atom stereocenters. The maximum atomic E-state index is 10.9. The summed E-state index contributed by atoms with van der Waals surface area (Å²) in [6.07, 6.45) is 0.608. The van der Waals surface area contributed by atoms with Crippen LogP contribution in [0.4, 0.5) is 0 Å². The molecule has 0 N–H and O–H groups in total. The second-order valence-corrected chi connectivity index (χ2v) is 1.73. The Kier molecular flexibility index (Phi) is 4.63. The van der Waals surface area contributed by atoms with E-state index >= 15 is 0 Å². The molecule has 0 amide bonds. The van der Waals surface area contributed by atoms with Crippen LogP contribution in [0.1, 0.15) is 13.3 Å². The highest BCUT2D eigenvalue weighted by Crippen LogP contribution is 1.87. The van der Waals surface area contributed by atoms with Gasteiger partial charge in [-0.25, -0.2) is 0 Å². The number of carbonyl (C=O) groups excluding carboxylic acids is 1. The first kappa shape index (κ1) is 9.20. The Morgan fingerprint density at radius 1 is 1.70 bits per heavy atom. The molecular weight excluding hydrogens is 129 g/mol. The third-order valence-corrected chi connectivity index (χ3v) is 1.08. The summed E-state index contributed by atoms with van der Waals surface area (Å²) in [7, 11) is 2.90. The van der Waals surface area contributed by atoms with Gasteiger partial charge in [-0.3, -0.25) is 0 Å². The topological polar surface area (TPSA) is 38.7 Å². The van der Waals surface area contributed by atoms with Gasteiger partial charge in [0.1, 0.15) is 18.5 Å². The first-order chi connectivity index (χ1) is 4.76. The number of hydrogen-bond donors (Lipinski definition) is 0. The molecule has 0 saturated heterocycles. The van der Waals surface area contributed by atoms with E-state index in [1.165, 1.54) is 14.4 Å². The molecule has 0 rings (SSSR count). The summed E-state index contributed by atoms with van der Waals surface area (Å²) in [6.45, 7) is 3.54. The Labute approximate surface area is 61.7 Å². The van der Waals surface area contributed by atoms with Crippen molar-refractivity contribution in [2.45, 2.75) is 20.2 Å². The molecule has 0 aromatic rings. The first-order valence-electron chi connectivity index (χ1n) is 3.20. The van der Waals surface area contributed by atoms with Crippen molar-refractivity contribution >= 4 is 18.7 Å². The third kappa shape index (κ3) is 2.66. The van der Waals surface area contributed by atoms with Gasteiger partial charge in [0, 0.05) is 0 Å². The predicted octanol–water partition coefficient (Wildman–Crippen LogP) is 0.678. The number of nitrogens with zero attached hydrogens (tertiary/aromatic N) is 1. The van der Waals surface area contributed by atoms with Gasteiger partial charge in [0.05, 0.1) is 0 Å². The second kappa shape index (κ2) is 5.03. The molecule has 0 bridgehead atoms. The van der Waals surface area contributed by atoms with Crippen molar-refractivity contribution in [3.8, 4) is 0 Å². The van der Waals surface area contributed by atoms with E-state index in [0.717, 1.165) is 0 Å². The molecule has 3 nitrogen and oxygen atoms in total. The van der Waals surface area contributed by atoms with Gasteiger partial charge in [-0.05, 0) is 6.42 Å². The molecule has 0 aromatic heterocycles. The van der Waals surface area contributed by atoms with Crippen LogP contribution in [0.2, 0.25) is 6.82 Å². The SMILES string of the molecule is C[B]C(=O)/C(CC)=N/OC. The molecular formula is C6H11BNO2. The van der Waals surface area contributed by atoms with E-state index in [1.54, 1.807) is 6.82 Å². The zero-order chi connectivity index (χ0) is 7.98. The Bertz CT molecular complexity index is 145. The Morgan fingerprint density at radius 2 is 2.30 bits per heavy atom. The van der Waals surface area contributed by atoms with Gasteiger partial charge < -0.3 is 9.63 Å². The normalized spacial score (nSPS) is 10.9. The van der Waals surface area contributed by atoms with Crippen LogP contribution >= 0.6 is 0 Å². The molecule has 0 aliphatic heterocycles. The lowest BCUT2D eigenvalue weighted by molar-refractivity contribution is -0.106. The average Bonchev–Trinajstić information content (AvgIpc) is 1.99. The van der Waals surface area contributed by atoms with Gasteiger partial charge in [-0.2, -0.15) is 0 Å². The van der Waals surface area contributed by atoms with Crippen LogP contribution in [0, 0.1) is 0 Å². The van der Waals surface area contributed by atoms with Crippen molar-refractivity contribution in [2.24, 2.45) is 5.16 Å². The predicted molar refractivity (Wildman–Crippen MR) is 41.4 cm³/mol. The third-order valence-electron chi connectivity index (χ3n) is 1.08. The standard InChI is InChI=1S/C6H11BNO2/c1-4-5(8-10-3)6(9)7-2/h4H2,1-3H3/b8-5+. The molecule has 0 aliphatic rings. The quantitative estimate of drug-likeness (QED) is 0.327. The lowest BCUT2D eigenvalue weighted by atomic mass is 9.74. The van der Waals surface area contributed by atoms with Crippen LogP contribution in [-0.2, 0) is 9.63 Å². The molecule has 55 valence electrons. The average molecular weight is 140 g/mol. The van der Waals surface area contributed by atoms with Crippen molar-refractivity contribution in [1.82, 2.24) is 0 Å². The van der Waals surface area contributed by atoms with Gasteiger partial charge >= 0.3 is 0 Å². The molecule has 1 radical (unpaired) electrons. The molecule has 0 fully saturated rings. The second-order valence-electron chi connectivity index (χ2n) is 1.73. The molecule has 4 heteroatoms. The molecule has 0 spiro atoms. The summed E-state index contributed by atoms with van der Waals surface area (Å²) >= 11 is 0. The first-order valence-corrected chi connectivity index (χ1v) is 3.20. The highest BCUT2D eigenvalue weighted by Gasteiger charge is 2.06. The van der Waals surface area contributed by atoms with Crippen LogP contribution in [0.5, 0.6) is 0 Å². The van der Waals surface area contributed by atoms with Crippen LogP contribution in [-0.4, -0.2) is 25.8 Å². The van der Waals surface area contributed by atoms with Gasteiger partial charge in [0.25, 0.3) is 0 Å². The van der Waals surface area contributed by atoms with Gasteiger partial charge in [-0.15, -0.1) is 0 Å². The van der Waals surface area contributed by atoms with Gasteiger partial charge in [0.15, 0.2) is 0 Å². The van der Waals surface area contributed by atoms with Crippen LogP contribution in [0.15, 0.2) is 5.16 Å². The van der Waals surface area contributed by atoms with E-state index in [-0.39, 0.29) is 5.68 Å². The lowest BCUT2D eigenvalue weighted by Gasteiger charge is -1.96. The van der Waals surface area contributed by atoms with Crippen molar-refractivity contribution in [1.29, 1.82) is 0 Å². The number of rotatable bonds is 4. The summed E-state index contributed by atoms with van der Waals surface area (Å²) in [5.41, 5.74) is 0.398. The minimum absolute atomic E-state index is 0.0654. The summed E-state index contributed by atoms with van der Waals surface area (Å²) in [5.74, 6) is 0. The largest absolute Gasteiger partial charge is 0.399 e. The van der Waals surface area contributed by atoms with Crippen molar-refractivity contribution in [3.63, 3.8) is 0 Å². The lowest BCUT2D eigenvalue weighted by Crippen LogP contribution is -2.18. The van der Waals surface area contributed by atoms with Crippen LogP contribution in [0.25, 0.3) is 0 Å². The molecule has 0 unspecified atom stereocenters. The van der Waals surface area contributed by atoms with Gasteiger partial charge in [-0.1, -0.05) is 18.9 Å². The van der Waals surface area contributed by atoms with E-state index < -0.39 is 0 Å². The highest BCUT2D eigenvalue weighted by molar-refractivity contribution is 6.88. The smallest absolute Gasteiger partial charge is 0.207 e. The van der Waals surface area contributed by atoms with E-state index in [2.05, 4.69) is 9.99 Å². The summed E-state index contributed by atoms with van der Waals surface area (Å²) in [5, 5.41) is 3.55. The number of oxime groups is 1. The Morgan fingerprint density at radius 3 is 2.60 bits per heavy atom. The van der Waals surface area contributed by atoms with Crippen molar-refractivity contribution < 1.29 is 9.63 Å². The minimum atomic E-state index is -0.0654. The molecule has 0 aliphatic carbocycles. The Balaban J connectivity index is 4.06. The molecule has 10 heavy (non-hydrogen) atoms. The highest BCUT2D eigenvalue weighted by atomic mass is 16.6. The zero-order valence-electron chi connectivity index (χ0n) is 6.55. The maximum Gasteiger partial charge on any atom is 0.207 e. The maximum absolute atomic E-state index is 10.9. The zero-order valence-corrected chi connectivity index (χ0v) is 6.55. The van der Waals surface area contributed by atoms with E-state index in [1.807, 2.05) is 6.92 Å². The fourth-order valence-electron chi connectivity index (χ4n) is 0.561. The van der Waals surface area contributed by atoms with E-state index in [9.17, 15) is 4.79 Å². The van der Waals surface area contributed by atoms with E-state index in [0.29, 0.717) is 12.1 Å². The molecule has 0 heterocycles. The monoisotopic (exact) mass is 140 g/mol.